The van der Waals surface area contributed by atoms with E-state index in [4.69, 9.17) is 0 Å². The summed E-state index contributed by atoms with van der Waals surface area (Å²) in [5, 5.41) is 3.54. The van der Waals surface area contributed by atoms with Crippen LogP contribution in [-0.2, 0) is 11.8 Å². The summed E-state index contributed by atoms with van der Waals surface area (Å²) in [6.45, 7) is 13.6. The Bertz CT molecular complexity index is 345. The van der Waals surface area contributed by atoms with E-state index in [0.29, 0.717) is 0 Å². The van der Waals surface area contributed by atoms with E-state index in [1.807, 2.05) is 0 Å². The van der Waals surface area contributed by atoms with Crippen LogP contribution >= 0.6 is 0 Å². The molecule has 1 rings (SSSR count). The highest BCUT2D eigenvalue weighted by Crippen LogP contribution is 2.23. The fraction of sp³-hybridized carbons (Fsp3) is 0.667. The standard InChI is InChI=1S/C18H31N/c1-6-12-19-14-15(7-2)13-16-8-10-17(11-9-16)18(3,4)5/h8-11,15,19H,6-7,12-14H2,1-5H3. The Kier molecular flexibility index (Phi) is 6.57. The van der Waals surface area contributed by atoms with Crippen LogP contribution in [0, 0.1) is 5.92 Å². The molecule has 0 saturated carbocycles. The van der Waals surface area contributed by atoms with Crippen molar-refractivity contribution in [3.8, 4) is 0 Å². The lowest BCUT2D eigenvalue weighted by atomic mass is 9.86. The Hall–Kier alpha value is -0.820. The van der Waals surface area contributed by atoms with Gasteiger partial charge in [-0.3, -0.25) is 0 Å². The molecule has 1 atom stereocenters. The maximum atomic E-state index is 3.54. The normalized spacial score (nSPS) is 13.5. The van der Waals surface area contributed by atoms with Gasteiger partial charge in [-0.2, -0.15) is 0 Å². The van der Waals surface area contributed by atoms with Crippen LogP contribution in [-0.4, -0.2) is 13.1 Å². The lowest BCUT2D eigenvalue weighted by Crippen LogP contribution is -2.24. The number of hydrogen-bond donors (Lipinski definition) is 1. The van der Waals surface area contributed by atoms with Gasteiger partial charge in [0.1, 0.15) is 0 Å². The zero-order chi connectivity index (χ0) is 14.3. The molecule has 0 aromatic heterocycles. The van der Waals surface area contributed by atoms with Crippen molar-refractivity contribution in [2.75, 3.05) is 13.1 Å². The van der Waals surface area contributed by atoms with Crippen LogP contribution in [0.2, 0.25) is 0 Å². The van der Waals surface area contributed by atoms with E-state index in [9.17, 15) is 0 Å². The van der Waals surface area contributed by atoms with Crippen molar-refractivity contribution in [1.29, 1.82) is 0 Å². The average Bonchev–Trinajstić information content (AvgIpc) is 2.37. The van der Waals surface area contributed by atoms with Crippen molar-refractivity contribution in [2.24, 2.45) is 5.92 Å². The minimum Gasteiger partial charge on any atom is -0.316 e. The fourth-order valence-electron chi connectivity index (χ4n) is 2.32. The van der Waals surface area contributed by atoms with Crippen molar-refractivity contribution in [1.82, 2.24) is 5.32 Å². The molecule has 0 aliphatic carbocycles. The fourth-order valence-corrected chi connectivity index (χ4v) is 2.32. The molecular weight excluding hydrogens is 230 g/mol. The second-order valence-corrected chi connectivity index (χ2v) is 6.63. The first-order valence-electron chi connectivity index (χ1n) is 7.77. The molecule has 0 radical (unpaired) electrons. The SMILES string of the molecule is CCCNCC(CC)Cc1ccc(C(C)(C)C)cc1. The summed E-state index contributed by atoms with van der Waals surface area (Å²) in [5.41, 5.74) is 3.15. The third-order valence-electron chi connectivity index (χ3n) is 3.78. The maximum Gasteiger partial charge on any atom is -0.00174 e. The Morgan fingerprint density at radius 3 is 2.16 bits per heavy atom. The molecular formula is C18H31N. The van der Waals surface area contributed by atoms with E-state index < -0.39 is 0 Å². The minimum absolute atomic E-state index is 0.255. The van der Waals surface area contributed by atoms with Gasteiger partial charge in [0.2, 0.25) is 0 Å². The quantitative estimate of drug-likeness (QED) is 0.710. The van der Waals surface area contributed by atoms with E-state index in [1.165, 1.54) is 30.4 Å². The smallest absolute Gasteiger partial charge is 0.00174 e. The topological polar surface area (TPSA) is 12.0 Å². The summed E-state index contributed by atoms with van der Waals surface area (Å²) >= 11 is 0. The molecule has 1 N–H and O–H groups in total. The Morgan fingerprint density at radius 2 is 1.68 bits per heavy atom. The lowest BCUT2D eigenvalue weighted by Gasteiger charge is -2.20. The molecule has 0 spiro atoms. The van der Waals surface area contributed by atoms with Crippen LogP contribution in [0.4, 0.5) is 0 Å². The first-order chi connectivity index (χ1) is 8.97. The molecule has 1 heteroatoms. The van der Waals surface area contributed by atoms with Crippen molar-refractivity contribution >= 4 is 0 Å². The average molecular weight is 261 g/mol. The first kappa shape index (κ1) is 16.2. The van der Waals surface area contributed by atoms with Gasteiger partial charge in [0.25, 0.3) is 0 Å². The van der Waals surface area contributed by atoms with Crippen molar-refractivity contribution in [3.63, 3.8) is 0 Å². The molecule has 0 aliphatic rings. The molecule has 1 nitrogen and oxygen atoms in total. The third kappa shape index (κ3) is 5.78. The molecule has 0 fully saturated rings. The van der Waals surface area contributed by atoms with E-state index in [1.54, 1.807) is 0 Å². The predicted molar refractivity (Wildman–Crippen MR) is 85.8 cm³/mol. The third-order valence-corrected chi connectivity index (χ3v) is 3.78. The van der Waals surface area contributed by atoms with E-state index >= 15 is 0 Å². The summed E-state index contributed by atoms with van der Waals surface area (Å²) < 4.78 is 0. The highest BCUT2D eigenvalue weighted by Gasteiger charge is 2.13. The lowest BCUT2D eigenvalue weighted by molar-refractivity contribution is 0.460. The van der Waals surface area contributed by atoms with Crippen LogP contribution in [0.25, 0.3) is 0 Å². The molecule has 1 aromatic rings. The van der Waals surface area contributed by atoms with Gasteiger partial charge >= 0.3 is 0 Å². The predicted octanol–water partition coefficient (Wildman–Crippen LogP) is 4.55. The van der Waals surface area contributed by atoms with Crippen LogP contribution in [0.5, 0.6) is 0 Å². The van der Waals surface area contributed by atoms with Crippen LogP contribution in [0.15, 0.2) is 24.3 Å². The van der Waals surface area contributed by atoms with Crippen molar-refractivity contribution in [2.45, 2.75) is 59.3 Å². The second kappa shape index (κ2) is 7.69. The Morgan fingerprint density at radius 1 is 1.05 bits per heavy atom. The number of hydrogen-bond acceptors (Lipinski definition) is 1. The van der Waals surface area contributed by atoms with Crippen molar-refractivity contribution < 1.29 is 0 Å². The van der Waals surface area contributed by atoms with Gasteiger partial charge in [-0.1, -0.05) is 65.3 Å². The molecule has 19 heavy (non-hydrogen) atoms. The summed E-state index contributed by atoms with van der Waals surface area (Å²) in [4.78, 5) is 0. The summed E-state index contributed by atoms with van der Waals surface area (Å²) in [7, 11) is 0. The highest BCUT2D eigenvalue weighted by atomic mass is 14.8. The molecule has 108 valence electrons. The van der Waals surface area contributed by atoms with Gasteiger partial charge < -0.3 is 5.32 Å². The molecule has 1 unspecified atom stereocenters. The number of nitrogens with one attached hydrogen (secondary N) is 1. The maximum absolute atomic E-state index is 3.54. The van der Waals surface area contributed by atoms with Gasteiger partial charge in [-0.05, 0) is 48.4 Å². The summed E-state index contributed by atoms with van der Waals surface area (Å²) in [6.07, 6.45) is 3.66. The van der Waals surface area contributed by atoms with E-state index in [2.05, 4.69) is 64.2 Å². The largest absolute Gasteiger partial charge is 0.316 e. The van der Waals surface area contributed by atoms with Crippen LogP contribution in [0.3, 0.4) is 0 Å². The minimum atomic E-state index is 0.255. The van der Waals surface area contributed by atoms with Gasteiger partial charge in [-0.25, -0.2) is 0 Å². The molecule has 0 heterocycles. The monoisotopic (exact) mass is 261 g/mol. The molecule has 0 saturated heterocycles. The highest BCUT2D eigenvalue weighted by molar-refractivity contribution is 5.27. The molecule has 0 aliphatic heterocycles. The van der Waals surface area contributed by atoms with Gasteiger partial charge in [0, 0.05) is 0 Å². The Labute approximate surface area is 119 Å². The summed E-state index contributed by atoms with van der Waals surface area (Å²) in [6, 6.07) is 9.20. The first-order valence-corrected chi connectivity index (χ1v) is 7.77. The van der Waals surface area contributed by atoms with Crippen molar-refractivity contribution in [3.05, 3.63) is 35.4 Å². The molecule has 0 amide bonds. The number of rotatable bonds is 7. The van der Waals surface area contributed by atoms with Crippen LogP contribution in [0.1, 0.15) is 58.6 Å². The van der Waals surface area contributed by atoms with Gasteiger partial charge in [-0.15, -0.1) is 0 Å². The van der Waals surface area contributed by atoms with Gasteiger partial charge in [0.15, 0.2) is 0 Å². The molecule has 1 aromatic carbocycles. The number of benzene rings is 1. The second-order valence-electron chi connectivity index (χ2n) is 6.63. The van der Waals surface area contributed by atoms with Crippen LogP contribution < -0.4 is 5.32 Å². The molecule has 0 bridgehead atoms. The summed E-state index contributed by atoms with van der Waals surface area (Å²) in [5.74, 6) is 0.757. The van der Waals surface area contributed by atoms with E-state index in [-0.39, 0.29) is 5.41 Å². The Balaban J connectivity index is 2.55. The van der Waals surface area contributed by atoms with Gasteiger partial charge in [0.05, 0.1) is 0 Å². The zero-order valence-corrected chi connectivity index (χ0v) is 13.4. The van der Waals surface area contributed by atoms with E-state index in [0.717, 1.165) is 19.0 Å². The zero-order valence-electron chi connectivity index (χ0n) is 13.4.